The van der Waals surface area contributed by atoms with Gasteiger partial charge < -0.3 is 10.1 Å². The highest BCUT2D eigenvalue weighted by atomic mass is 79.9. The van der Waals surface area contributed by atoms with Gasteiger partial charge in [-0.15, -0.1) is 0 Å². The summed E-state index contributed by atoms with van der Waals surface area (Å²) in [5, 5.41) is 3.70. The van der Waals surface area contributed by atoms with Crippen molar-refractivity contribution in [3.63, 3.8) is 0 Å². The van der Waals surface area contributed by atoms with Gasteiger partial charge in [0.15, 0.2) is 0 Å². The van der Waals surface area contributed by atoms with E-state index in [0.717, 1.165) is 35.2 Å². The lowest BCUT2D eigenvalue weighted by atomic mass is 9.78. The lowest BCUT2D eigenvalue weighted by Gasteiger charge is -2.35. The summed E-state index contributed by atoms with van der Waals surface area (Å²) in [4.78, 5) is 0. The molecule has 1 aliphatic rings. The van der Waals surface area contributed by atoms with E-state index < -0.39 is 0 Å². The molecule has 0 radical (unpaired) electrons. The van der Waals surface area contributed by atoms with E-state index in [-0.39, 0.29) is 0 Å². The van der Waals surface area contributed by atoms with Gasteiger partial charge in [-0.1, -0.05) is 48.7 Å². The molecule has 1 aliphatic carbocycles. The normalized spacial score (nSPS) is 23.0. The lowest BCUT2D eigenvalue weighted by molar-refractivity contribution is 0.195. The van der Waals surface area contributed by atoms with Gasteiger partial charge in [0.25, 0.3) is 0 Å². The molecule has 20 heavy (non-hydrogen) atoms. The van der Waals surface area contributed by atoms with Gasteiger partial charge >= 0.3 is 0 Å². The Morgan fingerprint density at radius 2 is 2.10 bits per heavy atom. The second-order valence-corrected chi connectivity index (χ2v) is 6.97. The van der Waals surface area contributed by atoms with Crippen molar-refractivity contribution in [1.29, 1.82) is 0 Å². The molecule has 0 heterocycles. The van der Waals surface area contributed by atoms with Crippen LogP contribution < -0.4 is 10.1 Å². The molecule has 0 aliphatic heterocycles. The van der Waals surface area contributed by atoms with Crippen molar-refractivity contribution in [2.45, 2.75) is 45.6 Å². The standard InChI is InChI=1S/C17H26BrNO/c1-13(2)16-8-3-4-9-17(16)19-10-11-20-15-7-5-6-14(18)12-15/h5-7,12-13,16-17,19H,3-4,8-11H2,1-2H3. The SMILES string of the molecule is CC(C)C1CCCCC1NCCOc1cccc(Br)c1. The summed E-state index contributed by atoms with van der Waals surface area (Å²) in [7, 11) is 0. The van der Waals surface area contributed by atoms with Crippen LogP contribution in [0.25, 0.3) is 0 Å². The molecule has 2 unspecified atom stereocenters. The monoisotopic (exact) mass is 339 g/mol. The minimum atomic E-state index is 0.676. The molecule has 0 amide bonds. The van der Waals surface area contributed by atoms with Gasteiger partial charge in [-0.05, 0) is 42.9 Å². The van der Waals surface area contributed by atoms with Crippen molar-refractivity contribution in [2.24, 2.45) is 11.8 Å². The van der Waals surface area contributed by atoms with E-state index in [1.54, 1.807) is 0 Å². The molecule has 0 bridgehead atoms. The van der Waals surface area contributed by atoms with Gasteiger partial charge in [-0.25, -0.2) is 0 Å². The molecule has 1 saturated carbocycles. The van der Waals surface area contributed by atoms with Crippen LogP contribution in [-0.4, -0.2) is 19.2 Å². The van der Waals surface area contributed by atoms with Crippen molar-refractivity contribution < 1.29 is 4.74 Å². The van der Waals surface area contributed by atoms with Crippen LogP contribution in [0.15, 0.2) is 28.7 Å². The van der Waals surface area contributed by atoms with E-state index >= 15 is 0 Å². The Morgan fingerprint density at radius 3 is 2.85 bits per heavy atom. The summed E-state index contributed by atoms with van der Waals surface area (Å²) in [6.45, 7) is 6.36. The first-order valence-electron chi connectivity index (χ1n) is 7.78. The number of hydrogen-bond donors (Lipinski definition) is 1. The maximum absolute atomic E-state index is 5.78. The first kappa shape index (κ1) is 15.8. The predicted octanol–water partition coefficient (Wildman–Crippen LogP) is 4.63. The second kappa shape index (κ2) is 8.04. The molecule has 1 fully saturated rings. The molecule has 0 saturated heterocycles. The molecule has 0 spiro atoms. The fraction of sp³-hybridized carbons (Fsp3) is 0.647. The highest BCUT2D eigenvalue weighted by Crippen LogP contribution is 2.30. The smallest absolute Gasteiger partial charge is 0.120 e. The highest BCUT2D eigenvalue weighted by Gasteiger charge is 2.26. The number of benzene rings is 1. The molecule has 3 heteroatoms. The van der Waals surface area contributed by atoms with Crippen LogP contribution in [0.1, 0.15) is 39.5 Å². The van der Waals surface area contributed by atoms with Crippen molar-refractivity contribution in [1.82, 2.24) is 5.32 Å². The van der Waals surface area contributed by atoms with Crippen LogP contribution in [0.5, 0.6) is 5.75 Å². The summed E-state index contributed by atoms with van der Waals surface area (Å²) < 4.78 is 6.85. The summed E-state index contributed by atoms with van der Waals surface area (Å²) in [5.74, 6) is 2.54. The summed E-state index contributed by atoms with van der Waals surface area (Å²) in [6, 6.07) is 8.71. The van der Waals surface area contributed by atoms with Crippen molar-refractivity contribution in [3.05, 3.63) is 28.7 Å². The van der Waals surface area contributed by atoms with Gasteiger partial charge in [0.05, 0.1) is 0 Å². The maximum atomic E-state index is 5.78. The number of hydrogen-bond acceptors (Lipinski definition) is 2. The minimum absolute atomic E-state index is 0.676. The van der Waals surface area contributed by atoms with Crippen molar-refractivity contribution >= 4 is 15.9 Å². The number of rotatable bonds is 6. The zero-order valence-corrected chi connectivity index (χ0v) is 14.2. The average Bonchev–Trinajstić information content (AvgIpc) is 2.44. The zero-order chi connectivity index (χ0) is 14.4. The molecule has 0 aromatic heterocycles. The first-order valence-corrected chi connectivity index (χ1v) is 8.58. The fourth-order valence-electron chi connectivity index (χ4n) is 3.18. The van der Waals surface area contributed by atoms with E-state index in [4.69, 9.17) is 4.74 Å². The zero-order valence-electron chi connectivity index (χ0n) is 12.6. The van der Waals surface area contributed by atoms with Gasteiger partial charge in [0.1, 0.15) is 12.4 Å². The number of nitrogens with one attached hydrogen (secondary N) is 1. The number of ether oxygens (including phenoxy) is 1. The Hall–Kier alpha value is -0.540. The molecule has 2 nitrogen and oxygen atoms in total. The minimum Gasteiger partial charge on any atom is -0.492 e. The van der Waals surface area contributed by atoms with Crippen LogP contribution in [0, 0.1) is 11.8 Å². The summed E-state index contributed by atoms with van der Waals surface area (Å²) in [6.07, 6.45) is 5.46. The highest BCUT2D eigenvalue weighted by molar-refractivity contribution is 9.10. The quantitative estimate of drug-likeness (QED) is 0.762. The van der Waals surface area contributed by atoms with E-state index in [2.05, 4.69) is 35.1 Å². The van der Waals surface area contributed by atoms with Crippen molar-refractivity contribution in [2.75, 3.05) is 13.2 Å². The Bertz CT molecular complexity index is 408. The topological polar surface area (TPSA) is 21.3 Å². The van der Waals surface area contributed by atoms with Crippen molar-refractivity contribution in [3.8, 4) is 5.75 Å². The molecular formula is C17H26BrNO. The Balaban J connectivity index is 1.72. The molecule has 1 aromatic rings. The van der Waals surface area contributed by atoms with E-state index in [1.807, 2.05) is 24.3 Å². The third-order valence-electron chi connectivity index (χ3n) is 4.25. The third-order valence-corrected chi connectivity index (χ3v) is 4.74. The van der Waals surface area contributed by atoms with E-state index in [9.17, 15) is 0 Å². The maximum Gasteiger partial charge on any atom is 0.120 e. The van der Waals surface area contributed by atoms with Crippen LogP contribution in [-0.2, 0) is 0 Å². The summed E-state index contributed by atoms with van der Waals surface area (Å²) >= 11 is 3.46. The predicted molar refractivity (Wildman–Crippen MR) is 88.2 cm³/mol. The van der Waals surface area contributed by atoms with Gasteiger partial charge in [-0.3, -0.25) is 0 Å². The Kier molecular flexibility index (Phi) is 6.37. The van der Waals surface area contributed by atoms with Crippen LogP contribution in [0.2, 0.25) is 0 Å². The molecule has 1 aromatic carbocycles. The molecule has 2 rings (SSSR count). The Morgan fingerprint density at radius 1 is 1.30 bits per heavy atom. The Labute approximate surface area is 131 Å². The van der Waals surface area contributed by atoms with Crippen LogP contribution in [0.4, 0.5) is 0 Å². The second-order valence-electron chi connectivity index (χ2n) is 6.06. The van der Waals surface area contributed by atoms with Gasteiger partial charge in [0, 0.05) is 17.1 Å². The third kappa shape index (κ3) is 4.78. The van der Waals surface area contributed by atoms with E-state index in [1.165, 1.54) is 25.7 Å². The molecule has 112 valence electrons. The first-order chi connectivity index (χ1) is 9.66. The molecule has 2 atom stereocenters. The van der Waals surface area contributed by atoms with Crippen LogP contribution in [0.3, 0.4) is 0 Å². The number of halogens is 1. The van der Waals surface area contributed by atoms with Gasteiger partial charge in [-0.2, -0.15) is 0 Å². The molecule has 1 N–H and O–H groups in total. The summed E-state index contributed by atoms with van der Waals surface area (Å²) in [5.41, 5.74) is 0. The van der Waals surface area contributed by atoms with Gasteiger partial charge in [0.2, 0.25) is 0 Å². The van der Waals surface area contributed by atoms with Crippen LogP contribution >= 0.6 is 15.9 Å². The fourth-order valence-corrected chi connectivity index (χ4v) is 3.56. The largest absolute Gasteiger partial charge is 0.492 e. The lowest BCUT2D eigenvalue weighted by Crippen LogP contribution is -2.42. The average molecular weight is 340 g/mol. The molecular weight excluding hydrogens is 314 g/mol. The van der Waals surface area contributed by atoms with E-state index in [0.29, 0.717) is 6.04 Å².